The predicted octanol–water partition coefficient (Wildman–Crippen LogP) is 2.36. The molecule has 2 aromatic rings. The normalized spacial score (nSPS) is 22.6. The summed E-state index contributed by atoms with van der Waals surface area (Å²) in [4.78, 5) is 22.9. The van der Waals surface area contributed by atoms with Gasteiger partial charge in [-0.25, -0.2) is 9.97 Å². The number of nitrogens with zero attached hydrogens (tertiary/aromatic N) is 3. The molecule has 1 aromatic heterocycles. The summed E-state index contributed by atoms with van der Waals surface area (Å²) in [5, 5.41) is 0. The molecule has 0 spiro atoms. The van der Waals surface area contributed by atoms with Crippen molar-refractivity contribution in [1.82, 2.24) is 20.3 Å². The highest BCUT2D eigenvalue weighted by molar-refractivity contribution is 5.80. The van der Waals surface area contributed by atoms with E-state index in [1.165, 1.54) is 30.4 Å². The van der Waals surface area contributed by atoms with E-state index in [1.54, 1.807) is 18.5 Å². The van der Waals surface area contributed by atoms with Crippen molar-refractivity contribution in [3.8, 4) is 0 Å². The Morgan fingerprint density at radius 2 is 2.00 bits per heavy atom. The summed E-state index contributed by atoms with van der Waals surface area (Å²) in [6, 6.07) is 10.6. The number of amides is 1. The zero-order valence-electron chi connectivity index (χ0n) is 14.9. The summed E-state index contributed by atoms with van der Waals surface area (Å²) in [5.41, 5.74) is 8.54. The van der Waals surface area contributed by atoms with Crippen molar-refractivity contribution in [3.05, 3.63) is 53.9 Å². The van der Waals surface area contributed by atoms with Gasteiger partial charge in [0.2, 0.25) is 11.9 Å². The summed E-state index contributed by atoms with van der Waals surface area (Å²) in [5.74, 6) is 1.04. The first kappa shape index (κ1) is 17.0. The van der Waals surface area contributed by atoms with Crippen LogP contribution in [-0.4, -0.2) is 40.4 Å². The Kier molecular flexibility index (Phi) is 5.11. The largest absolute Gasteiger partial charge is 0.302 e. The highest BCUT2D eigenvalue weighted by Gasteiger charge is 2.31. The van der Waals surface area contributed by atoms with Crippen LogP contribution in [0.3, 0.4) is 0 Å². The number of aromatic nitrogens is 2. The van der Waals surface area contributed by atoms with Gasteiger partial charge in [0.05, 0.1) is 5.92 Å². The van der Waals surface area contributed by atoms with Crippen molar-refractivity contribution < 1.29 is 4.79 Å². The second-order valence-electron chi connectivity index (χ2n) is 7.22. The van der Waals surface area contributed by atoms with Crippen molar-refractivity contribution >= 4 is 11.9 Å². The highest BCUT2D eigenvalue weighted by Crippen LogP contribution is 2.33. The van der Waals surface area contributed by atoms with Crippen molar-refractivity contribution in [2.75, 3.05) is 25.1 Å². The van der Waals surface area contributed by atoms with E-state index < -0.39 is 0 Å². The Bertz CT molecular complexity index is 751. The highest BCUT2D eigenvalue weighted by atomic mass is 16.2. The Morgan fingerprint density at radius 3 is 2.88 bits per heavy atom. The third kappa shape index (κ3) is 3.85. The number of hydrazine groups is 1. The summed E-state index contributed by atoms with van der Waals surface area (Å²) < 4.78 is 0. The Morgan fingerprint density at radius 1 is 1.15 bits per heavy atom. The average molecular weight is 351 g/mol. The maximum Gasteiger partial charge on any atom is 0.242 e. The first-order valence-electron chi connectivity index (χ1n) is 9.42. The van der Waals surface area contributed by atoms with E-state index >= 15 is 0 Å². The molecule has 2 N–H and O–H groups in total. The van der Waals surface area contributed by atoms with Crippen LogP contribution in [0.1, 0.15) is 36.3 Å². The lowest BCUT2D eigenvalue weighted by Crippen LogP contribution is -2.37. The van der Waals surface area contributed by atoms with Gasteiger partial charge in [0.1, 0.15) is 0 Å². The topological polar surface area (TPSA) is 70.1 Å². The van der Waals surface area contributed by atoms with Crippen LogP contribution >= 0.6 is 0 Å². The SMILES string of the molecule is O=C(NNc1ncccn1)[C@H]1CCN(C[C@H]2CCCc3ccccc32)C1. The molecule has 136 valence electrons. The maximum atomic E-state index is 12.4. The number of benzene rings is 1. The van der Waals surface area contributed by atoms with Crippen LogP contribution in [0.4, 0.5) is 5.95 Å². The number of carbonyl (C=O) groups excluding carboxylic acids is 1. The van der Waals surface area contributed by atoms with Crippen molar-refractivity contribution in [3.63, 3.8) is 0 Å². The van der Waals surface area contributed by atoms with Crippen LogP contribution in [0.5, 0.6) is 0 Å². The second kappa shape index (κ2) is 7.83. The van der Waals surface area contributed by atoms with Crippen LogP contribution in [0.15, 0.2) is 42.7 Å². The lowest BCUT2D eigenvalue weighted by Gasteiger charge is -2.29. The van der Waals surface area contributed by atoms with Gasteiger partial charge >= 0.3 is 0 Å². The predicted molar refractivity (Wildman–Crippen MR) is 100 cm³/mol. The number of anilines is 1. The fourth-order valence-electron chi connectivity index (χ4n) is 4.15. The summed E-state index contributed by atoms with van der Waals surface area (Å²) in [7, 11) is 0. The molecule has 2 atom stereocenters. The molecule has 1 aliphatic carbocycles. The molecule has 4 rings (SSSR count). The number of nitrogens with one attached hydrogen (secondary N) is 2. The molecule has 0 bridgehead atoms. The smallest absolute Gasteiger partial charge is 0.242 e. The van der Waals surface area contributed by atoms with Gasteiger partial charge < -0.3 is 4.90 Å². The van der Waals surface area contributed by atoms with E-state index in [2.05, 4.69) is 50.0 Å². The van der Waals surface area contributed by atoms with E-state index in [4.69, 9.17) is 0 Å². The van der Waals surface area contributed by atoms with Crippen molar-refractivity contribution in [1.29, 1.82) is 0 Å². The quantitative estimate of drug-likeness (QED) is 0.810. The number of fused-ring (bicyclic) bond motifs is 1. The summed E-state index contributed by atoms with van der Waals surface area (Å²) in [6.45, 7) is 2.86. The summed E-state index contributed by atoms with van der Waals surface area (Å²) in [6.07, 6.45) is 7.89. The number of hydrogen-bond donors (Lipinski definition) is 2. The van der Waals surface area contributed by atoms with Gasteiger partial charge in [0.15, 0.2) is 0 Å². The number of likely N-dealkylation sites (tertiary alicyclic amines) is 1. The average Bonchev–Trinajstić information content (AvgIpc) is 3.16. The minimum absolute atomic E-state index is 0.0176. The van der Waals surface area contributed by atoms with Crippen LogP contribution < -0.4 is 10.9 Å². The molecule has 1 aliphatic heterocycles. The zero-order valence-corrected chi connectivity index (χ0v) is 14.9. The standard InChI is InChI=1S/C20H25N5O/c26-19(23-24-20-21-10-4-11-22-20)17-9-12-25(14-17)13-16-7-3-6-15-5-1-2-8-18(15)16/h1-2,4-5,8,10-11,16-17H,3,6-7,9,12-14H2,(H,23,26)(H,21,22,24)/t16-,17+/m1/s1. The fourth-order valence-corrected chi connectivity index (χ4v) is 4.15. The van der Waals surface area contributed by atoms with Gasteiger partial charge in [0, 0.05) is 25.5 Å². The molecule has 2 aliphatic rings. The van der Waals surface area contributed by atoms with Crippen molar-refractivity contribution in [2.45, 2.75) is 31.6 Å². The number of aryl methyl sites for hydroxylation is 1. The third-order valence-corrected chi connectivity index (χ3v) is 5.48. The second-order valence-corrected chi connectivity index (χ2v) is 7.22. The van der Waals surface area contributed by atoms with Crippen molar-refractivity contribution in [2.24, 2.45) is 5.92 Å². The van der Waals surface area contributed by atoms with Crippen LogP contribution in [-0.2, 0) is 11.2 Å². The fraction of sp³-hybridized carbons (Fsp3) is 0.450. The molecule has 0 unspecified atom stereocenters. The molecule has 1 amide bonds. The Balaban J connectivity index is 1.29. The molecule has 6 nitrogen and oxygen atoms in total. The van der Waals surface area contributed by atoms with E-state index in [0.29, 0.717) is 11.9 Å². The Labute approximate surface area is 154 Å². The van der Waals surface area contributed by atoms with E-state index in [0.717, 1.165) is 26.1 Å². The van der Waals surface area contributed by atoms with E-state index in [-0.39, 0.29) is 11.8 Å². The lowest BCUT2D eigenvalue weighted by atomic mass is 9.82. The number of carbonyl (C=O) groups is 1. The van der Waals surface area contributed by atoms with Gasteiger partial charge in [-0.15, -0.1) is 0 Å². The Hall–Kier alpha value is -2.47. The van der Waals surface area contributed by atoms with E-state index in [9.17, 15) is 4.79 Å². The van der Waals surface area contributed by atoms with Gasteiger partial charge in [-0.1, -0.05) is 24.3 Å². The number of rotatable bonds is 5. The van der Waals surface area contributed by atoms with Crippen LogP contribution in [0, 0.1) is 5.92 Å². The molecule has 1 saturated heterocycles. The molecule has 1 fully saturated rings. The minimum Gasteiger partial charge on any atom is -0.302 e. The summed E-state index contributed by atoms with van der Waals surface area (Å²) >= 11 is 0. The third-order valence-electron chi connectivity index (χ3n) is 5.48. The van der Waals surface area contributed by atoms with E-state index in [1.807, 2.05) is 0 Å². The molecular weight excluding hydrogens is 326 g/mol. The first-order valence-corrected chi connectivity index (χ1v) is 9.42. The molecule has 0 radical (unpaired) electrons. The van der Waals surface area contributed by atoms with Crippen LogP contribution in [0.2, 0.25) is 0 Å². The molecular formula is C20H25N5O. The molecule has 1 aromatic carbocycles. The molecule has 2 heterocycles. The number of hydrogen-bond acceptors (Lipinski definition) is 5. The van der Waals surface area contributed by atoms with Gasteiger partial charge in [-0.3, -0.25) is 15.6 Å². The lowest BCUT2D eigenvalue weighted by molar-refractivity contribution is -0.124. The molecule has 6 heteroatoms. The van der Waals surface area contributed by atoms with Crippen LogP contribution in [0.25, 0.3) is 0 Å². The van der Waals surface area contributed by atoms with Gasteiger partial charge in [-0.2, -0.15) is 0 Å². The van der Waals surface area contributed by atoms with Gasteiger partial charge in [0.25, 0.3) is 0 Å². The molecule has 0 saturated carbocycles. The van der Waals surface area contributed by atoms with Gasteiger partial charge in [-0.05, 0) is 55.3 Å². The minimum atomic E-state index is 0.0176. The molecule has 26 heavy (non-hydrogen) atoms. The maximum absolute atomic E-state index is 12.4. The first-order chi connectivity index (χ1) is 12.8. The zero-order chi connectivity index (χ0) is 17.8. The monoisotopic (exact) mass is 351 g/mol.